The van der Waals surface area contributed by atoms with Gasteiger partial charge in [-0.2, -0.15) is 0 Å². The van der Waals surface area contributed by atoms with Gasteiger partial charge in [0.2, 0.25) is 0 Å². The largest absolute Gasteiger partial charge is 0.496 e. The van der Waals surface area contributed by atoms with E-state index >= 15 is 0 Å². The Morgan fingerprint density at radius 3 is 3.04 bits per heavy atom. The number of nitrogens with zero attached hydrogens (tertiary/aromatic N) is 2. The Morgan fingerprint density at radius 1 is 1.43 bits per heavy atom. The van der Waals surface area contributed by atoms with Crippen LogP contribution in [0.2, 0.25) is 0 Å². The van der Waals surface area contributed by atoms with Gasteiger partial charge in [-0.05, 0) is 38.6 Å². The molecule has 1 atom stereocenters. The third-order valence-corrected chi connectivity index (χ3v) is 4.91. The van der Waals surface area contributed by atoms with E-state index in [4.69, 9.17) is 4.74 Å². The number of amides is 1. The lowest BCUT2D eigenvalue weighted by molar-refractivity contribution is 0.0908. The van der Waals surface area contributed by atoms with Gasteiger partial charge in [0.15, 0.2) is 0 Å². The first kappa shape index (κ1) is 16.0. The summed E-state index contributed by atoms with van der Waals surface area (Å²) in [6.45, 7) is 2.00. The van der Waals surface area contributed by atoms with Crippen LogP contribution in [-0.2, 0) is 0 Å². The van der Waals surface area contributed by atoms with Gasteiger partial charge in [-0.3, -0.25) is 4.79 Å². The standard InChI is InChI=1S/C17H21N3O2S/c1-20-9-5-6-12(10-20)18-16(21)14-11-23-17(19-14)13-7-3-4-8-15(13)22-2/h3-4,7-8,11-12H,5-6,9-10H2,1-2H3,(H,18,21)/t12-/m1/s1. The molecule has 1 aromatic carbocycles. The molecule has 1 aliphatic heterocycles. The molecule has 1 saturated heterocycles. The highest BCUT2D eigenvalue weighted by atomic mass is 32.1. The lowest BCUT2D eigenvalue weighted by atomic mass is 10.1. The number of thiazole rings is 1. The summed E-state index contributed by atoms with van der Waals surface area (Å²) >= 11 is 1.46. The van der Waals surface area contributed by atoms with Crippen molar-refractivity contribution in [2.24, 2.45) is 0 Å². The number of hydrogen-bond acceptors (Lipinski definition) is 5. The molecular weight excluding hydrogens is 310 g/mol. The van der Waals surface area contributed by atoms with Crippen LogP contribution in [0.15, 0.2) is 29.6 Å². The van der Waals surface area contributed by atoms with Crippen molar-refractivity contribution in [3.63, 3.8) is 0 Å². The number of hydrogen-bond donors (Lipinski definition) is 1. The fourth-order valence-electron chi connectivity index (χ4n) is 2.87. The molecule has 1 aromatic heterocycles. The molecule has 3 rings (SSSR count). The summed E-state index contributed by atoms with van der Waals surface area (Å²) in [5.41, 5.74) is 1.39. The van der Waals surface area contributed by atoms with Crippen LogP contribution < -0.4 is 10.1 Å². The minimum Gasteiger partial charge on any atom is -0.496 e. The third kappa shape index (κ3) is 3.71. The highest BCUT2D eigenvalue weighted by Crippen LogP contribution is 2.31. The second-order valence-electron chi connectivity index (χ2n) is 5.81. The van der Waals surface area contributed by atoms with E-state index in [2.05, 4.69) is 22.2 Å². The Morgan fingerprint density at radius 2 is 2.26 bits per heavy atom. The van der Waals surface area contributed by atoms with Gasteiger partial charge in [-0.25, -0.2) is 4.98 Å². The normalized spacial score (nSPS) is 18.6. The summed E-state index contributed by atoms with van der Waals surface area (Å²) in [6, 6.07) is 7.92. The van der Waals surface area contributed by atoms with E-state index in [0.29, 0.717) is 5.69 Å². The lowest BCUT2D eigenvalue weighted by Crippen LogP contribution is -2.46. The molecule has 0 radical (unpaired) electrons. The van der Waals surface area contributed by atoms with Crippen molar-refractivity contribution in [2.75, 3.05) is 27.2 Å². The molecule has 0 spiro atoms. The van der Waals surface area contributed by atoms with Gasteiger partial charge in [0, 0.05) is 18.0 Å². The van der Waals surface area contributed by atoms with E-state index in [0.717, 1.165) is 42.3 Å². The molecule has 23 heavy (non-hydrogen) atoms. The average molecular weight is 331 g/mol. The van der Waals surface area contributed by atoms with Crippen LogP contribution in [0.1, 0.15) is 23.3 Å². The van der Waals surface area contributed by atoms with Gasteiger partial charge < -0.3 is 15.0 Å². The molecule has 2 heterocycles. The maximum atomic E-state index is 12.4. The number of methoxy groups -OCH3 is 1. The first-order chi connectivity index (χ1) is 11.2. The van der Waals surface area contributed by atoms with Crippen molar-refractivity contribution in [3.05, 3.63) is 35.3 Å². The topological polar surface area (TPSA) is 54.5 Å². The fraction of sp³-hybridized carbons (Fsp3) is 0.412. The second kappa shape index (κ2) is 7.10. The number of carbonyl (C=O) groups excluding carboxylic acids is 1. The van der Waals surface area contributed by atoms with Crippen molar-refractivity contribution in [2.45, 2.75) is 18.9 Å². The molecule has 5 nitrogen and oxygen atoms in total. The summed E-state index contributed by atoms with van der Waals surface area (Å²) in [6.07, 6.45) is 2.14. The van der Waals surface area contributed by atoms with Crippen LogP contribution in [0.25, 0.3) is 10.6 Å². The maximum Gasteiger partial charge on any atom is 0.271 e. The van der Waals surface area contributed by atoms with Crippen molar-refractivity contribution >= 4 is 17.2 Å². The fourth-order valence-corrected chi connectivity index (χ4v) is 3.70. The van der Waals surface area contributed by atoms with Crippen LogP contribution in [0.3, 0.4) is 0 Å². The second-order valence-corrected chi connectivity index (χ2v) is 6.67. The number of ether oxygens (including phenoxy) is 1. The lowest BCUT2D eigenvalue weighted by Gasteiger charge is -2.29. The first-order valence-corrected chi connectivity index (χ1v) is 8.63. The molecule has 1 amide bonds. The van der Waals surface area contributed by atoms with E-state index in [1.54, 1.807) is 7.11 Å². The molecule has 122 valence electrons. The van der Waals surface area contributed by atoms with E-state index in [9.17, 15) is 4.79 Å². The number of carbonyl (C=O) groups is 1. The zero-order valence-electron chi connectivity index (χ0n) is 13.4. The predicted molar refractivity (Wildman–Crippen MR) is 92.1 cm³/mol. The van der Waals surface area contributed by atoms with Crippen molar-refractivity contribution in [3.8, 4) is 16.3 Å². The van der Waals surface area contributed by atoms with Gasteiger partial charge in [0.05, 0.1) is 12.7 Å². The smallest absolute Gasteiger partial charge is 0.271 e. The van der Waals surface area contributed by atoms with Crippen molar-refractivity contribution in [1.29, 1.82) is 0 Å². The van der Waals surface area contributed by atoms with Crippen LogP contribution in [0, 0.1) is 0 Å². The summed E-state index contributed by atoms with van der Waals surface area (Å²) in [5.74, 6) is 0.672. The van der Waals surface area contributed by atoms with Crippen LogP contribution in [0.4, 0.5) is 0 Å². The molecule has 1 N–H and O–H groups in total. The first-order valence-electron chi connectivity index (χ1n) is 7.75. The zero-order chi connectivity index (χ0) is 16.2. The van der Waals surface area contributed by atoms with Gasteiger partial charge in [-0.15, -0.1) is 11.3 Å². The maximum absolute atomic E-state index is 12.4. The summed E-state index contributed by atoms with van der Waals surface area (Å²) in [4.78, 5) is 19.1. The van der Waals surface area contributed by atoms with E-state index in [1.807, 2.05) is 29.6 Å². The summed E-state index contributed by atoms with van der Waals surface area (Å²) < 4.78 is 5.36. The number of para-hydroxylation sites is 1. The number of likely N-dealkylation sites (tertiary alicyclic amines) is 1. The molecule has 0 aliphatic carbocycles. The number of aromatic nitrogens is 1. The highest BCUT2D eigenvalue weighted by Gasteiger charge is 2.21. The van der Waals surface area contributed by atoms with Crippen molar-refractivity contribution in [1.82, 2.24) is 15.2 Å². The average Bonchev–Trinajstić information content (AvgIpc) is 3.05. The Bertz CT molecular complexity index is 686. The molecule has 2 aromatic rings. The monoisotopic (exact) mass is 331 g/mol. The molecule has 0 saturated carbocycles. The Labute approximate surface area is 140 Å². The molecule has 1 aliphatic rings. The molecular formula is C17H21N3O2S. The number of likely N-dealkylation sites (N-methyl/N-ethyl adjacent to an activating group) is 1. The molecule has 0 bridgehead atoms. The van der Waals surface area contributed by atoms with Crippen molar-refractivity contribution < 1.29 is 9.53 Å². The Kier molecular flexibility index (Phi) is 4.93. The van der Waals surface area contributed by atoms with E-state index in [1.165, 1.54) is 11.3 Å². The molecule has 0 unspecified atom stereocenters. The minimum absolute atomic E-state index is 0.0947. The minimum atomic E-state index is -0.0947. The van der Waals surface area contributed by atoms with E-state index in [-0.39, 0.29) is 11.9 Å². The number of rotatable bonds is 4. The number of nitrogens with one attached hydrogen (secondary N) is 1. The van der Waals surface area contributed by atoms with E-state index < -0.39 is 0 Å². The summed E-state index contributed by atoms with van der Waals surface area (Å²) in [7, 11) is 3.72. The Balaban J connectivity index is 1.72. The van der Waals surface area contributed by atoms with Gasteiger partial charge in [0.25, 0.3) is 5.91 Å². The van der Waals surface area contributed by atoms with Crippen LogP contribution in [0.5, 0.6) is 5.75 Å². The van der Waals surface area contributed by atoms with Gasteiger partial charge >= 0.3 is 0 Å². The van der Waals surface area contributed by atoms with Crippen LogP contribution in [-0.4, -0.2) is 49.1 Å². The van der Waals surface area contributed by atoms with Gasteiger partial charge in [-0.1, -0.05) is 12.1 Å². The zero-order valence-corrected chi connectivity index (χ0v) is 14.2. The molecule has 1 fully saturated rings. The number of benzene rings is 1. The predicted octanol–water partition coefficient (Wildman–Crippen LogP) is 2.64. The quantitative estimate of drug-likeness (QED) is 0.936. The number of piperidine rings is 1. The highest BCUT2D eigenvalue weighted by molar-refractivity contribution is 7.13. The third-order valence-electron chi connectivity index (χ3n) is 4.03. The van der Waals surface area contributed by atoms with Crippen LogP contribution >= 0.6 is 11.3 Å². The Hall–Kier alpha value is -1.92. The SMILES string of the molecule is COc1ccccc1-c1nc(C(=O)N[C@@H]2CCCN(C)C2)cs1. The van der Waals surface area contributed by atoms with Gasteiger partial charge in [0.1, 0.15) is 16.5 Å². The molecule has 6 heteroatoms. The summed E-state index contributed by atoms with van der Waals surface area (Å²) in [5, 5.41) is 5.70.